The monoisotopic (exact) mass is 496 g/mol. The SMILES string of the molecule is C[C@](N)(CC(=O)O)c1cn(-c2ccc(OCc3ccc(-c4ccccc4)cc3)c(C(F)(F)F)c2)nn1. The molecule has 0 unspecified atom stereocenters. The molecule has 0 saturated heterocycles. The van der Waals surface area contributed by atoms with Crippen molar-refractivity contribution in [3.05, 3.63) is 95.8 Å². The molecule has 0 spiro atoms. The van der Waals surface area contributed by atoms with Crippen molar-refractivity contribution in [2.45, 2.75) is 31.7 Å². The van der Waals surface area contributed by atoms with Crippen molar-refractivity contribution in [2.24, 2.45) is 5.73 Å². The molecule has 4 rings (SSSR count). The second-order valence-corrected chi connectivity index (χ2v) is 8.57. The summed E-state index contributed by atoms with van der Waals surface area (Å²) in [5.74, 6) is -1.46. The van der Waals surface area contributed by atoms with Gasteiger partial charge in [0.2, 0.25) is 0 Å². The van der Waals surface area contributed by atoms with Gasteiger partial charge in [-0.15, -0.1) is 5.10 Å². The lowest BCUT2D eigenvalue weighted by Crippen LogP contribution is -2.36. The fourth-order valence-corrected chi connectivity index (χ4v) is 3.65. The van der Waals surface area contributed by atoms with Crippen molar-refractivity contribution in [2.75, 3.05) is 0 Å². The third kappa shape index (κ3) is 5.72. The quantitative estimate of drug-likeness (QED) is 0.348. The zero-order valence-electron chi connectivity index (χ0n) is 19.2. The molecule has 1 atom stereocenters. The lowest BCUT2D eigenvalue weighted by Gasteiger charge is -2.18. The Hall–Kier alpha value is -4.18. The summed E-state index contributed by atoms with van der Waals surface area (Å²) in [5.41, 5.74) is 6.64. The Morgan fingerprint density at radius 2 is 1.69 bits per heavy atom. The molecule has 1 aromatic heterocycles. The van der Waals surface area contributed by atoms with Crippen LogP contribution in [0.5, 0.6) is 5.75 Å². The minimum absolute atomic E-state index is 0.0499. The topological polar surface area (TPSA) is 103 Å². The first-order chi connectivity index (χ1) is 17.0. The van der Waals surface area contributed by atoms with Crippen LogP contribution in [-0.2, 0) is 23.1 Å². The van der Waals surface area contributed by atoms with E-state index >= 15 is 0 Å². The Kier molecular flexibility index (Phi) is 6.80. The van der Waals surface area contributed by atoms with Gasteiger partial charge in [-0.2, -0.15) is 13.2 Å². The highest BCUT2D eigenvalue weighted by Gasteiger charge is 2.35. The molecule has 1 heterocycles. The van der Waals surface area contributed by atoms with Crippen molar-refractivity contribution in [3.63, 3.8) is 0 Å². The third-order valence-corrected chi connectivity index (χ3v) is 5.59. The van der Waals surface area contributed by atoms with Crippen LogP contribution in [0.3, 0.4) is 0 Å². The second kappa shape index (κ2) is 9.82. The smallest absolute Gasteiger partial charge is 0.420 e. The zero-order chi connectivity index (χ0) is 25.9. The molecule has 0 aliphatic heterocycles. The van der Waals surface area contributed by atoms with Crippen molar-refractivity contribution >= 4 is 5.97 Å². The molecule has 3 aromatic carbocycles. The molecule has 3 N–H and O–H groups in total. The number of rotatable bonds is 8. The zero-order valence-corrected chi connectivity index (χ0v) is 19.2. The van der Waals surface area contributed by atoms with Crippen LogP contribution in [0.1, 0.15) is 30.2 Å². The predicted octanol–water partition coefficient (Wildman–Crippen LogP) is 5.18. The molecule has 0 aliphatic rings. The summed E-state index contributed by atoms with van der Waals surface area (Å²) < 4.78 is 48.2. The standard InChI is InChI=1S/C26H23F3N4O3/c1-25(30,14-24(34)35)23-15-33(32-31-23)20-11-12-22(21(13-20)26(27,28)29)36-16-17-7-9-19(10-8-17)18-5-3-2-4-6-18/h2-13,15H,14,16,30H2,1H3,(H,34,35)/t25-/m0/s1. The number of carboxylic acid groups (broad SMARTS) is 1. The summed E-state index contributed by atoms with van der Waals surface area (Å²) in [4.78, 5) is 11.0. The molecule has 4 aromatic rings. The number of benzene rings is 3. The van der Waals surface area contributed by atoms with Crippen LogP contribution < -0.4 is 10.5 Å². The van der Waals surface area contributed by atoms with Crippen LogP contribution >= 0.6 is 0 Å². The Balaban J connectivity index is 1.54. The minimum atomic E-state index is -4.68. The van der Waals surface area contributed by atoms with Crippen molar-refractivity contribution in [3.8, 4) is 22.6 Å². The van der Waals surface area contributed by atoms with Gasteiger partial charge in [-0.25, -0.2) is 4.68 Å². The van der Waals surface area contributed by atoms with Gasteiger partial charge in [0.1, 0.15) is 18.1 Å². The van der Waals surface area contributed by atoms with E-state index in [2.05, 4.69) is 10.3 Å². The molecule has 186 valence electrons. The normalized spacial score (nSPS) is 13.2. The number of aromatic nitrogens is 3. The van der Waals surface area contributed by atoms with Gasteiger partial charge in [0, 0.05) is 0 Å². The Bertz CT molecular complexity index is 1350. The average Bonchev–Trinajstić information content (AvgIpc) is 3.34. The molecule has 7 nitrogen and oxygen atoms in total. The molecule has 0 radical (unpaired) electrons. The van der Waals surface area contributed by atoms with Gasteiger partial charge >= 0.3 is 12.1 Å². The molecular weight excluding hydrogens is 473 g/mol. The Labute approximate surface area is 204 Å². The van der Waals surface area contributed by atoms with Gasteiger partial charge in [0.15, 0.2) is 0 Å². The number of nitrogens with zero attached hydrogens (tertiary/aromatic N) is 3. The van der Waals surface area contributed by atoms with E-state index < -0.39 is 29.7 Å². The Morgan fingerprint density at radius 3 is 2.33 bits per heavy atom. The number of nitrogens with two attached hydrogens (primary N) is 1. The number of alkyl halides is 3. The van der Waals surface area contributed by atoms with Crippen LogP contribution in [-0.4, -0.2) is 26.1 Å². The highest BCUT2D eigenvalue weighted by atomic mass is 19.4. The summed E-state index contributed by atoms with van der Waals surface area (Å²) in [6.45, 7) is 1.41. The van der Waals surface area contributed by atoms with E-state index in [1.54, 1.807) is 0 Å². The first kappa shape index (κ1) is 24.9. The Morgan fingerprint density at radius 1 is 1.03 bits per heavy atom. The first-order valence-corrected chi connectivity index (χ1v) is 11.0. The second-order valence-electron chi connectivity index (χ2n) is 8.57. The van der Waals surface area contributed by atoms with Gasteiger partial charge in [0.05, 0.1) is 29.4 Å². The largest absolute Gasteiger partial charge is 0.488 e. The number of halogens is 3. The third-order valence-electron chi connectivity index (χ3n) is 5.59. The van der Waals surface area contributed by atoms with Crippen molar-refractivity contribution in [1.29, 1.82) is 0 Å². The number of aliphatic carboxylic acids is 1. The number of carboxylic acids is 1. The number of ether oxygens (including phenoxy) is 1. The fourth-order valence-electron chi connectivity index (χ4n) is 3.65. The summed E-state index contributed by atoms with van der Waals surface area (Å²) in [5, 5.41) is 16.7. The fraction of sp³-hybridized carbons (Fsp3) is 0.192. The van der Waals surface area contributed by atoms with E-state index in [1.165, 1.54) is 25.3 Å². The summed E-state index contributed by atoms with van der Waals surface area (Å²) in [6, 6.07) is 20.6. The van der Waals surface area contributed by atoms with E-state index in [-0.39, 0.29) is 23.7 Å². The minimum Gasteiger partial charge on any atom is -0.488 e. The van der Waals surface area contributed by atoms with Crippen molar-refractivity contribution < 1.29 is 27.8 Å². The van der Waals surface area contributed by atoms with Crippen LogP contribution in [0.15, 0.2) is 79.0 Å². The van der Waals surface area contributed by atoms with Crippen molar-refractivity contribution in [1.82, 2.24) is 15.0 Å². The molecule has 10 heteroatoms. The van der Waals surface area contributed by atoms with E-state index in [4.69, 9.17) is 15.6 Å². The highest BCUT2D eigenvalue weighted by molar-refractivity contribution is 5.68. The van der Waals surface area contributed by atoms with E-state index in [0.717, 1.165) is 21.9 Å². The molecule has 0 saturated carbocycles. The first-order valence-electron chi connectivity index (χ1n) is 11.0. The van der Waals surface area contributed by atoms with Crippen LogP contribution in [0.2, 0.25) is 0 Å². The van der Waals surface area contributed by atoms with Gasteiger partial charge in [-0.1, -0.05) is 59.8 Å². The van der Waals surface area contributed by atoms with E-state index in [1.807, 2.05) is 54.6 Å². The van der Waals surface area contributed by atoms with Gasteiger partial charge in [0.25, 0.3) is 0 Å². The average molecular weight is 496 g/mol. The molecular formula is C26H23F3N4O3. The number of carbonyl (C=O) groups is 1. The molecule has 0 aliphatic carbocycles. The van der Waals surface area contributed by atoms with Crippen LogP contribution in [0.25, 0.3) is 16.8 Å². The lowest BCUT2D eigenvalue weighted by atomic mass is 9.96. The van der Waals surface area contributed by atoms with Crippen LogP contribution in [0, 0.1) is 0 Å². The lowest BCUT2D eigenvalue weighted by molar-refractivity contribution is -0.139. The van der Waals surface area contributed by atoms with Gasteiger partial charge in [-0.05, 0) is 41.8 Å². The molecule has 0 amide bonds. The molecule has 0 bridgehead atoms. The number of hydrogen-bond acceptors (Lipinski definition) is 5. The van der Waals surface area contributed by atoms with E-state index in [9.17, 15) is 18.0 Å². The van der Waals surface area contributed by atoms with Gasteiger partial charge < -0.3 is 15.6 Å². The molecule has 0 fully saturated rings. The number of hydrogen-bond donors (Lipinski definition) is 2. The maximum absolute atomic E-state index is 13.8. The van der Waals surface area contributed by atoms with E-state index in [0.29, 0.717) is 5.56 Å². The van der Waals surface area contributed by atoms with Crippen LogP contribution in [0.4, 0.5) is 13.2 Å². The van der Waals surface area contributed by atoms with Gasteiger partial charge in [-0.3, -0.25) is 4.79 Å². The summed E-state index contributed by atoms with van der Waals surface area (Å²) in [6.07, 6.45) is -3.79. The maximum Gasteiger partial charge on any atom is 0.420 e. The highest BCUT2D eigenvalue weighted by Crippen LogP contribution is 2.38. The maximum atomic E-state index is 13.8. The summed E-state index contributed by atoms with van der Waals surface area (Å²) in [7, 11) is 0. The molecule has 36 heavy (non-hydrogen) atoms. The predicted molar refractivity (Wildman–Crippen MR) is 126 cm³/mol. The summed E-state index contributed by atoms with van der Waals surface area (Å²) >= 11 is 0.